The topological polar surface area (TPSA) is 93.7 Å². The monoisotopic (exact) mass is 426 g/mol. The summed E-state index contributed by atoms with van der Waals surface area (Å²) in [7, 11) is -2.11. The van der Waals surface area contributed by atoms with E-state index in [-0.39, 0.29) is 36.6 Å². The normalized spacial score (nSPS) is 12.4. The maximum absolute atomic E-state index is 12.1. The molecule has 0 saturated carbocycles. The van der Waals surface area contributed by atoms with E-state index in [0.717, 1.165) is 5.56 Å². The van der Waals surface area contributed by atoms with Gasteiger partial charge in [-0.2, -0.15) is 0 Å². The van der Waals surface area contributed by atoms with Crippen LogP contribution in [-0.4, -0.2) is 41.2 Å². The highest BCUT2D eigenvalue weighted by Gasteiger charge is 2.14. The summed E-state index contributed by atoms with van der Waals surface area (Å²) in [6.07, 6.45) is 0. The van der Waals surface area contributed by atoms with Crippen LogP contribution >= 0.6 is 11.6 Å². The quantitative estimate of drug-likeness (QED) is 0.569. The smallest absolute Gasteiger partial charge is 0.258 e. The summed E-state index contributed by atoms with van der Waals surface area (Å²) in [5, 5.41) is 3.46. The molecular formula is C19H23ClN2O5S. The number of methoxy groups -OCH3 is 1. The first kappa shape index (κ1) is 22.2. The third-order valence-electron chi connectivity index (χ3n) is 3.85. The van der Waals surface area contributed by atoms with Gasteiger partial charge in [0.1, 0.15) is 5.75 Å². The van der Waals surface area contributed by atoms with Crippen LogP contribution in [0, 0.1) is 0 Å². The minimum atomic E-state index is -3.60. The molecule has 0 bridgehead atoms. The van der Waals surface area contributed by atoms with Crippen molar-refractivity contribution < 1.29 is 22.7 Å². The van der Waals surface area contributed by atoms with E-state index in [1.165, 1.54) is 31.4 Å². The first-order valence-electron chi connectivity index (χ1n) is 8.58. The maximum atomic E-state index is 12.1. The van der Waals surface area contributed by atoms with Gasteiger partial charge in [0, 0.05) is 18.7 Å². The van der Waals surface area contributed by atoms with Gasteiger partial charge in [0.25, 0.3) is 5.91 Å². The highest BCUT2D eigenvalue weighted by atomic mass is 35.5. The van der Waals surface area contributed by atoms with Crippen molar-refractivity contribution in [1.29, 1.82) is 0 Å². The Bertz CT molecular complexity index is 870. The Morgan fingerprint density at radius 2 is 1.75 bits per heavy atom. The number of amides is 1. The predicted molar refractivity (Wildman–Crippen MR) is 107 cm³/mol. The van der Waals surface area contributed by atoms with Crippen LogP contribution in [0.1, 0.15) is 18.5 Å². The van der Waals surface area contributed by atoms with Crippen LogP contribution in [0.5, 0.6) is 5.75 Å². The van der Waals surface area contributed by atoms with Gasteiger partial charge in [-0.3, -0.25) is 4.79 Å². The van der Waals surface area contributed by atoms with E-state index in [1.807, 2.05) is 19.1 Å². The Balaban J connectivity index is 1.85. The molecule has 0 aromatic heterocycles. The molecule has 0 aliphatic rings. The SMILES string of the molecule is COCCNS(=O)(=O)c1ccc(OCC(=O)N[C@H](C)c2ccc(Cl)cc2)cc1. The second kappa shape index (κ2) is 10.4. The van der Waals surface area contributed by atoms with Crippen molar-refractivity contribution in [3.05, 3.63) is 59.1 Å². The van der Waals surface area contributed by atoms with E-state index in [4.69, 9.17) is 21.1 Å². The van der Waals surface area contributed by atoms with Crippen LogP contribution in [0.4, 0.5) is 0 Å². The Hall–Kier alpha value is -2.13. The molecule has 2 N–H and O–H groups in total. The van der Waals surface area contributed by atoms with E-state index >= 15 is 0 Å². The Kier molecular flexibility index (Phi) is 8.25. The fourth-order valence-corrected chi connectivity index (χ4v) is 3.48. The van der Waals surface area contributed by atoms with Gasteiger partial charge in [0.05, 0.1) is 17.5 Å². The number of carbonyl (C=O) groups excluding carboxylic acids is 1. The molecular weight excluding hydrogens is 404 g/mol. The number of benzene rings is 2. The van der Waals surface area contributed by atoms with Crippen molar-refractivity contribution in [2.24, 2.45) is 0 Å². The van der Waals surface area contributed by atoms with Crippen LogP contribution in [0.15, 0.2) is 53.4 Å². The molecule has 7 nitrogen and oxygen atoms in total. The average Bonchev–Trinajstić information content (AvgIpc) is 2.67. The third kappa shape index (κ3) is 6.79. The van der Waals surface area contributed by atoms with Crippen LogP contribution in [-0.2, 0) is 19.6 Å². The number of nitrogens with one attached hydrogen (secondary N) is 2. The first-order valence-corrected chi connectivity index (χ1v) is 10.4. The van der Waals surface area contributed by atoms with Crippen LogP contribution in [0.3, 0.4) is 0 Å². The highest BCUT2D eigenvalue weighted by molar-refractivity contribution is 7.89. The van der Waals surface area contributed by atoms with Gasteiger partial charge in [-0.15, -0.1) is 0 Å². The molecule has 0 aliphatic heterocycles. The summed E-state index contributed by atoms with van der Waals surface area (Å²) in [6, 6.07) is 12.8. The van der Waals surface area contributed by atoms with E-state index in [9.17, 15) is 13.2 Å². The number of ether oxygens (including phenoxy) is 2. The molecule has 2 aromatic rings. The molecule has 1 atom stereocenters. The lowest BCUT2D eigenvalue weighted by atomic mass is 10.1. The Morgan fingerprint density at radius 1 is 1.11 bits per heavy atom. The zero-order valence-electron chi connectivity index (χ0n) is 15.6. The van der Waals surface area contributed by atoms with E-state index in [0.29, 0.717) is 10.8 Å². The molecule has 1 amide bonds. The lowest BCUT2D eigenvalue weighted by molar-refractivity contribution is -0.123. The fourth-order valence-electron chi connectivity index (χ4n) is 2.34. The molecule has 2 rings (SSSR count). The minimum absolute atomic E-state index is 0.108. The summed E-state index contributed by atoms with van der Waals surface area (Å²) < 4.78 is 36.8. The Labute approximate surface area is 170 Å². The van der Waals surface area contributed by atoms with Gasteiger partial charge < -0.3 is 14.8 Å². The maximum Gasteiger partial charge on any atom is 0.258 e. The second-order valence-electron chi connectivity index (χ2n) is 5.99. The highest BCUT2D eigenvalue weighted by Crippen LogP contribution is 2.17. The Morgan fingerprint density at radius 3 is 2.36 bits per heavy atom. The van der Waals surface area contributed by atoms with E-state index in [1.54, 1.807) is 12.1 Å². The summed E-state index contributed by atoms with van der Waals surface area (Å²) in [5.74, 6) is 0.102. The molecule has 0 heterocycles. The van der Waals surface area contributed by atoms with Crippen molar-refractivity contribution in [2.45, 2.75) is 17.9 Å². The second-order valence-corrected chi connectivity index (χ2v) is 8.19. The fraction of sp³-hybridized carbons (Fsp3) is 0.316. The molecule has 9 heteroatoms. The van der Waals surface area contributed by atoms with Crippen LogP contribution in [0.25, 0.3) is 0 Å². The van der Waals surface area contributed by atoms with Crippen molar-refractivity contribution in [1.82, 2.24) is 10.0 Å². The van der Waals surface area contributed by atoms with Gasteiger partial charge in [-0.05, 0) is 48.9 Å². The number of hydrogen-bond donors (Lipinski definition) is 2. The zero-order chi connectivity index (χ0) is 20.6. The standard InChI is InChI=1S/C19H23ClN2O5S/c1-14(15-3-5-16(20)6-4-15)22-19(23)13-27-17-7-9-18(10-8-17)28(24,25)21-11-12-26-2/h3-10,14,21H,11-13H2,1-2H3,(H,22,23)/t14-/m1/s1. The summed E-state index contributed by atoms with van der Waals surface area (Å²) >= 11 is 5.86. The lowest BCUT2D eigenvalue weighted by Crippen LogP contribution is -2.31. The van der Waals surface area contributed by atoms with Crippen molar-refractivity contribution in [3.63, 3.8) is 0 Å². The van der Waals surface area contributed by atoms with Crippen molar-refractivity contribution >= 4 is 27.5 Å². The summed E-state index contributed by atoms with van der Waals surface area (Å²) in [6.45, 7) is 2.14. The number of hydrogen-bond acceptors (Lipinski definition) is 5. The molecule has 28 heavy (non-hydrogen) atoms. The van der Waals surface area contributed by atoms with Gasteiger partial charge in [-0.1, -0.05) is 23.7 Å². The molecule has 152 valence electrons. The number of rotatable bonds is 10. The third-order valence-corrected chi connectivity index (χ3v) is 5.58. The van der Waals surface area contributed by atoms with Gasteiger partial charge in [0.2, 0.25) is 10.0 Å². The van der Waals surface area contributed by atoms with E-state index < -0.39 is 10.0 Å². The van der Waals surface area contributed by atoms with Crippen LogP contribution in [0.2, 0.25) is 5.02 Å². The molecule has 2 aromatic carbocycles. The van der Waals surface area contributed by atoms with Crippen molar-refractivity contribution in [3.8, 4) is 5.75 Å². The summed E-state index contributed by atoms with van der Waals surface area (Å²) in [5.41, 5.74) is 0.924. The zero-order valence-corrected chi connectivity index (χ0v) is 17.2. The van der Waals surface area contributed by atoms with Gasteiger partial charge in [0.15, 0.2) is 6.61 Å². The molecule has 0 unspecified atom stereocenters. The predicted octanol–water partition coefficient (Wildman–Crippen LogP) is 2.52. The van der Waals surface area contributed by atoms with E-state index in [2.05, 4.69) is 10.0 Å². The van der Waals surface area contributed by atoms with Crippen LogP contribution < -0.4 is 14.8 Å². The lowest BCUT2D eigenvalue weighted by Gasteiger charge is -2.15. The molecule has 0 spiro atoms. The largest absolute Gasteiger partial charge is 0.484 e. The molecule has 0 fully saturated rings. The van der Waals surface area contributed by atoms with Gasteiger partial charge >= 0.3 is 0 Å². The van der Waals surface area contributed by atoms with Crippen molar-refractivity contribution in [2.75, 3.05) is 26.9 Å². The summed E-state index contributed by atoms with van der Waals surface area (Å²) in [4.78, 5) is 12.2. The molecule has 0 aliphatic carbocycles. The minimum Gasteiger partial charge on any atom is -0.484 e. The number of sulfonamides is 1. The average molecular weight is 427 g/mol. The number of carbonyl (C=O) groups is 1. The molecule has 0 saturated heterocycles. The van der Waals surface area contributed by atoms with Gasteiger partial charge in [-0.25, -0.2) is 13.1 Å². The molecule has 0 radical (unpaired) electrons. The number of halogens is 1. The first-order chi connectivity index (χ1) is 13.3.